The zero-order valence-electron chi connectivity index (χ0n) is 12.2. The summed E-state index contributed by atoms with van der Waals surface area (Å²) in [5.74, 6) is -2.11. The Morgan fingerprint density at radius 2 is 2.10 bits per heavy atom. The van der Waals surface area contributed by atoms with Crippen LogP contribution in [0.15, 0.2) is 18.2 Å². The summed E-state index contributed by atoms with van der Waals surface area (Å²) in [6, 6.07) is 3.60. The fourth-order valence-electron chi connectivity index (χ4n) is 2.42. The molecular formula is C15H20F2N2O2. The minimum absolute atomic E-state index is 0.0906. The number of nitrogens with two attached hydrogens (primary N) is 1. The first kappa shape index (κ1) is 15.9. The number of hydrogen-bond donors (Lipinski definition) is 2. The van der Waals surface area contributed by atoms with E-state index in [2.05, 4.69) is 5.32 Å². The molecule has 0 radical (unpaired) electrons. The number of halogens is 2. The second kappa shape index (κ2) is 6.07. The molecule has 1 aromatic carbocycles. The fraction of sp³-hybridized carbons (Fsp3) is 0.533. The third-order valence-electron chi connectivity index (χ3n) is 3.74. The van der Waals surface area contributed by atoms with E-state index < -0.39 is 23.3 Å². The molecule has 4 nitrogen and oxygen atoms in total. The van der Waals surface area contributed by atoms with Crippen molar-refractivity contribution in [2.75, 3.05) is 6.54 Å². The summed E-state index contributed by atoms with van der Waals surface area (Å²) in [6.45, 7) is 3.84. The maximum absolute atomic E-state index is 13.3. The van der Waals surface area contributed by atoms with Gasteiger partial charge in [0.25, 0.3) is 0 Å². The lowest BCUT2D eigenvalue weighted by Gasteiger charge is -2.28. The van der Waals surface area contributed by atoms with Crippen LogP contribution in [0.4, 0.5) is 8.78 Å². The van der Waals surface area contributed by atoms with E-state index in [1.54, 1.807) is 13.8 Å². The fourth-order valence-corrected chi connectivity index (χ4v) is 2.42. The average Bonchev–Trinajstić information content (AvgIpc) is 2.90. The Kier molecular flexibility index (Phi) is 4.58. The molecule has 116 valence electrons. The molecule has 21 heavy (non-hydrogen) atoms. The van der Waals surface area contributed by atoms with Crippen molar-refractivity contribution in [2.24, 2.45) is 5.73 Å². The Balaban J connectivity index is 2.06. The van der Waals surface area contributed by atoms with Gasteiger partial charge in [-0.05, 0) is 44.4 Å². The van der Waals surface area contributed by atoms with Gasteiger partial charge in [0.1, 0.15) is 6.10 Å². The van der Waals surface area contributed by atoms with Gasteiger partial charge in [-0.15, -0.1) is 0 Å². The van der Waals surface area contributed by atoms with Crippen LogP contribution in [-0.2, 0) is 15.1 Å². The van der Waals surface area contributed by atoms with E-state index in [4.69, 9.17) is 10.5 Å². The molecule has 1 fully saturated rings. The van der Waals surface area contributed by atoms with Gasteiger partial charge in [-0.1, -0.05) is 6.07 Å². The van der Waals surface area contributed by atoms with Crippen molar-refractivity contribution in [1.82, 2.24) is 5.32 Å². The summed E-state index contributed by atoms with van der Waals surface area (Å²) in [5, 5.41) is 2.81. The lowest BCUT2D eigenvalue weighted by atomic mass is 9.93. The summed E-state index contributed by atoms with van der Waals surface area (Å²) in [4.78, 5) is 12.2. The molecule has 2 rings (SSSR count). The average molecular weight is 298 g/mol. The van der Waals surface area contributed by atoms with Crippen LogP contribution in [0.1, 0.15) is 32.3 Å². The molecule has 2 atom stereocenters. The summed E-state index contributed by atoms with van der Waals surface area (Å²) >= 11 is 0. The number of carbonyl (C=O) groups is 1. The van der Waals surface area contributed by atoms with E-state index in [0.29, 0.717) is 18.5 Å². The molecule has 1 aliphatic rings. The van der Waals surface area contributed by atoms with Crippen molar-refractivity contribution < 1.29 is 18.3 Å². The van der Waals surface area contributed by atoms with Crippen LogP contribution < -0.4 is 11.1 Å². The number of rotatable bonds is 4. The van der Waals surface area contributed by atoms with E-state index in [-0.39, 0.29) is 12.0 Å². The molecule has 0 unspecified atom stereocenters. The summed E-state index contributed by atoms with van der Waals surface area (Å²) in [5.41, 5.74) is 5.18. The molecule has 1 aromatic rings. The smallest absolute Gasteiger partial charge is 0.249 e. The maximum atomic E-state index is 13.3. The van der Waals surface area contributed by atoms with Crippen LogP contribution in [0.25, 0.3) is 0 Å². The lowest BCUT2D eigenvalue weighted by molar-refractivity contribution is -0.133. The Morgan fingerprint density at radius 3 is 2.67 bits per heavy atom. The van der Waals surface area contributed by atoms with E-state index in [1.807, 2.05) is 0 Å². The Morgan fingerprint density at radius 1 is 1.38 bits per heavy atom. The van der Waals surface area contributed by atoms with E-state index in [9.17, 15) is 13.6 Å². The van der Waals surface area contributed by atoms with Gasteiger partial charge in [0, 0.05) is 6.54 Å². The van der Waals surface area contributed by atoms with Crippen LogP contribution in [0.2, 0.25) is 0 Å². The highest BCUT2D eigenvalue weighted by atomic mass is 19.2. The quantitative estimate of drug-likeness (QED) is 0.891. The van der Waals surface area contributed by atoms with Gasteiger partial charge in [-0.25, -0.2) is 8.78 Å². The molecule has 3 N–H and O–H groups in total. The minimum Gasteiger partial charge on any atom is -0.364 e. The molecule has 1 aliphatic heterocycles. The van der Waals surface area contributed by atoms with Crippen LogP contribution in [0, 0.1) is 11.6 Å². The lowest BCUT2D eigenvalue weighted by Crippen LogP contribution is -2.46. The summed E-state index contributed by atoms with van der Waals surface area (Å²) in [6.07, 6.45) is 0.733. The van der Waals surface area contributed by atoms with E-state index >= 15 is 0 Å². The number of ether oxygens (including phenoxy) is 1. The second-order valence-electron chi connectivity index (χ2n) is 5.80. The first-order chi connectivity index (χ1) is 9.83. The Bertz CT molecular complexity index is 534. The molecule has 0 spiro atoms. The normalized spacial score (nSPS) is 22.3. The van der Waals surface area contributed by atoms with Crippen molar-refractivity contribution in [3.8, 4) is 0 Å². The van der Waals surface area contributed by atoms with Gasteiger partial charge >= 0.3 is 0 Å². The first-order valence-electron chi connectivity index (χ1n) is 6.96. The Labute approximate surface area is 122 Å². The second-order valence-corrected chi connectivity index (χ2v) is 5.80. The molecule has 1 amide bonds. The van der Waals surface area contributed by atoms with Crippen LogP contribution >= 0.6 is 0 Å². The van der Waals surface area contributed by atoms with E-state index in [0.717, 1.165) is 18.6 Å². The maximum Gasteiger partial charge on any atom is 0.249 e. The van der Waals surface area contributed by atoms with Gasteiger partial charge in [-0.2, -0.15) is 0 Å². The molecule has 1 saturated heterocycles. The van der Waals surface area contributed by atoms with Crippen molar-refractivity contribution >= 4 is 5.91 Å². The van der Waals surface area contributed by atoms with Crippen LogP contribution in [0.3, 0.4) is 0 Å². The van der Waals surface area contributed by atoms with Gasteiger partial charge in [0.05, 0.1) is 11.6 Å². The SMILES string of the molecule is CC(C)(NC(=O)[C@@H]1CC[C@H](CN)O1)c1ccc(F)c(F)c1. The number of benzene rings is 1. The highest BCUT2D eigenvalue weighted by Gasteiger charge is 2.33. The molecule has 0 saturated carbocycles. The third-order valence-corrected chi connectivity index (χ3v) is 3.74. The van der Waals surface area contributed by atoms with Gasteiger partial charge in [0.15, 0.2) is 11.6 Å². The number of nitrogens with one attached hydrogen (secondary N) is 1. The van der Waals surface area contributed by atoms with Gasteiger partial charge in [0.2, 0.25) is 5.91 Å². The molecule has 0 aliphatic carbocycles. The highest BCUT2D eigenvalue weighted by Crippen LogP contribution is 2.24. The number of hydrogen-bond acceptors (Lipinski definition) is 3. The molecule has 1 heterocycles. The van der Waals surface area contributed by atoms with Crippen LogP contribution in [0.5, 0.6) is 0 Å². The van der Waals surface area contributed by atoms with Crippen molar-refractivity contribution in [3.63, 3.8) is 0 Å². The topological polar surface area (TPSA) is 64.4 Å². The number of carbonyl (C=O) groups excluding carboxylic acids is 1. The Hall–Kier alpha value is -1.53. The molecule has 0 bridgehead atoms. The molecule has 6 heteroatoms. The summed E-state index contributed by atoms with van der Waals surface area (Å²) in [7, 11) is 0. The first-order valence-corrected chi connectivity index (χ1v) is 6.96. The molecule has 0 aromatic heterocycles. The van der Waals surface area contributed by atoms with Gasteiger partial charge in [-0.3, -0.25) is 4.79 Å². The largest absolute Gasteiger partial charge is 0.364 e. The van der Waals surface area contributed by atoms with Crippen molar-refractivity contribution in [2.45, 2.75) is 44.4 Å². The monoisotopic (exact) mass is 298 g/mol. The van der Waals surface area contributed by atoms with Crippen LogP contribution in [-0.4, -0.2) is 24.7 Å². The minimum atomic E-state index is -0.935. The standard InChI is InChI=1S/C15H20F2N2O2/c1-15(2,9-3-5-11(16)12(17)7-9)19-14(20)13-6-4-10(8-18)21-13/h3,5,7,10,13H,4,6,8,18H2,1-2H3,(H,19,20)/t10-,13+/m1/s1. The summed E-state index contributed by atoms with van der Waals surface area (Å²) < 4.78 is 31.8. The van der Waals surface area contributed by atoms with Crippen molar-refractivity contribution in [1.29, 1.82) is 0 Å². The van der Waals surface area contributed by atoms with Crippen molar-refractivity contribution in [3.05, 3.63) is 35.4 Å². The predicted molar refractivity (Wildman–Crippen MR) is 74.5 cm³/mol. The third kappa shape index (κ3) is 3.57. The zero-order valence-corrected chi connectivity index (χ0v) is 12.2. The zero-order chi connectivity index (χ0) is 15.6. The number of amides is 1. The molecular weight excluding hydrogens is 278 g/mol. The predicted octanol–water partition coefficient (Wildman–Crippen LogP) is 1.82. The van der Waals surface area contributed by atoms with E-state index in [1.165, 1.54) is 6.07 Å². The highest BCUT2D eigenvalue weighted by molar-refractivity contribution is 5.81. The van der Waals surface area contributed by atoms with Gasteiger partial charge < -0.3 is 15.8 Å².